The van der Waals surface area contributed by atoms with Crippen molar-refractivity contribution in [2.75, 3.05) is 0 Å². The molecule has 2 bridgehead atoms. The van der Waals surface area contributed by atoms with Crippen LogP contribution >= 0.6 is 0 Å². The van der Waals surface area contributed by atoms with Crippen LogP contribution in [0.25, 0.3) is 0 Å². The van der Waals surface area contributed by atoms with Gasteiger partial charge in [0.1, 0.15) is 0 Å². The van der Waals surface area contributed by atoms with Gasteiger partial charge in [0.2, 0.25) is 0 Å². The quantitative estimate of drug-likeness (QED) is 0.412. The van der Waals surface area contributed by atoms with Gasteiger partial charge < -0.3 is 19.7 Å². The number of ether oxygens (including phenoxy) is 2. The fourth-order valence-corrected chi connectivity index (χ4v) is 3.38. The van der Waals surface area contributed by atoms with Gasteiger partial charge in [-0.2, -0.15) is 0 Å². The lowest BCUT2D eigenvalue weighted by molar-refractivity contribution is -0.337. The summed E-state index contributed by atoms with van der Waals surface area (Å²) in [5.41, 5.74) is 0. The summed E-state index contributed by atoms with van der Waals surface area (Å²) in [5, 5.41) is 18.7. The Labute approximate surface area is 150 Å². The average molecular weight is 352 g/mol. The monoisotopic (exact) mass is 352 g/mol. The van der Waals surface area contributed by atoms with E-state index in [9.17, 15) is 9.90 Å². The van der Waals surface area contributed by atoms with Gasteiger partial charge in [0.15, 0.2) is 6.29 Å². The third-order valence-electron chi connectivity index (χ3n) is 4.92. The summed E-state index contributed by atoms with van der Waals surface area (Å²) in [4.78, 5) is 10.5. The van der Waals surface area contributed by atoms with E-state index in [4.69, 9.17) is 14.6 Å². The molecular formula is C20H32O5. The lowest BCUT2D eigenvalue weighted by atomic mass is 9.84. The number of aliphatic hydroxyl groups is 1. The highest BCUT2D eigenvalue weighted by Crippen LogP contribution is 2.40. The highest BCUT2D eigenvalue weighted by atomic mass is 16.7. The molecule has 0 aromatic heterocycles. The van der Waals surface area contributed by atoms with E-state index in [2.05, 4.69) is 13.0 Å². The molecule has 0 aliphatic carbocycles. The molecule has 0 unspecified atom stereocenters. The van der Waals surface area contributed by atoms with E-state index in [1.54, 1.807) is 0 Å². The Morgan fingerprint density at radius 3 is 2.76 bits per heavy atom. The second kappa shape index (κ2) is 10.7. The van der Waals surface area contributed by atoms with Crippen LogP contribution in [0.2, 0.25) is 0 Å². The van der Waals surface area contributed by atoms with Gasteiger partial charge in [0.25, 0.3) is 0 Å². The minimum absolute atomic E-state index is 0.0120. The number of rotatable bonds is 12. The van der Waals surface area contributed by atoms with Crippen LogP contribution in [0.1, 0.15) is 64.7 Å². The first kappa shape index (κ1) is 20.1. The Morgan fingerprint density at radius 1 is 1.24 bits per heavy atom. The number of carboxylic acids is 1. The number of hydrogen-bond acceptors (Lipinski definition) is 4. The van der Waals surface area contributed by atoms with Gasteiger partial charge >= 0.3 is 5.97 Å². The lowest BCUT2D eigenvalue weighted by Gasteiger charge is -2.49. The third-order valence-corrected chi connectivity index (χ3v) is 4.92. The van der Waals surface area contributed by atoms with Crippen LogP contribution in [-0.2, 0) is 14.3 Å². The van der Waals surface area contributed by atoms with Crippen LogP contribution < -0.4 is 0 Å². The molecular weight excluding hydrogens is 320 g/mol. The van der Waals surface area contributed by atoms with Crippen LogP contribution in [0.3, 0.4) is 0 Å². The SMILES string of the molecule is CCCCC[C@H](O)C=C[C@H]1O[C@H]2C[C@H](O2)[C@@H]1C/C=C/CCCC(=O)O. The fourth-order valence-electron chi connectivity index (χ4n) is 3.38. The first-order chi connectivity index (χ1) is 12.1. The van der Waals surface area contributed by atoms with Gasteiger partial charge in [-0.15, -0.1) is 0 Å². The Kier molecular flexibility index (Phi) is 8.65. The minimum atomic E-state index is -0.745. The van der Waals surface area contributed by atoms with Crippen LogP contribution in [0.5, 0.6) is 0 Å². The summed E-state index contributed by atoms with van der Waals surface area (Å²) in [5.74, 6) is -0.481. The van der Waals surface area contributed by atoms with Crippen molar-refractivity contribution in [2.24, 2.45) is 5.92 Å². The maximum Gasteiger partial charge on any atom is 0.303 e. The minimum Gasteiger partial charge on any atom is -0.481 e. The van der Waals surface area contributed by atoms with Crippen molar-refractivity contribution in [3.8, 4) is 0 Å². The number of hydrogen-bond donors (Lipinski definition) is 2. The van der Waals surface area contributed by atoms with Gasteiger partial charge in [-0.3, -0.25) is 4.79 Å². The largest absolute Gasteiger partial charge is 0.481 e. The molecule has 3 rings (SSSR count). The normalized spacial score (nSPS) is 29.8. The van der Waals surface area contributed by atoms with Crippen LogP contribution in [-0.4, -0.2) is 40.8 Å². The number of allylic oxidation sites excluding steroid dienone is 2. The number of carbonyl (C=O) groups is 1. The molecule has 0 spiro atoms. The van der Waals surface area contributed by atoms with Crippen molar-refractivity contribution < 1.29 is 24.5 Å². The first-order valence-corrected chi connectivity index (χ1v) is 9.64. The van der Waals surface area contributed by atoms with Crippen LogP contribution in [0.15, 0.2) is 24.3 Å². The maximum atomic E-state index is 10.5. The second-order valence-corrected chi connectivity index (χ2v) is 7.05. The molecule has 0 aromatic carbocycles. The molecule has 3 fully saturated rings. The van der Waals surface area contributed by atoms with Crippen LogP contribution in [0, 0.1) is 5.92 Å². The molecule has 3 saturated heterocycles. The van der Waals surface area contributed by atoms with Gasteiger partial charge in [0.05, 0.1) is 18.3 Å². The highest BCUT2D eigenvalue weighted by molar-refractivity contribution is 5.66. The standard InChI is InChI=1S/C20H32O5/c1-2-3-6-9-15(21)12-13-17-16(18-14-20(24-17)25-18)10-7-4-5-8-11-19(22)23/h4,7,12-13,15-18,20-21H,2-3,5-6,8-11,14H2,1H3,(H,22,23)/b7-4+,13-12?/t15-,16+,17+,18-,20+/m0/s1. The molecule has 5 heteroatoms. The molecule has 5 nitrogen and oxygen atoms in total. The molecule has 3 aliphatic heterocycles. The number of aliphatic carboxylic acids is 1. The summed E-state index contributed by atoms with van der Waals surface area (Å²) in [6, 6.07) is 0. The number of carboxylic acid groups (broad SMARTS) is 1. The zero-order valence-corrected chi connectivity index (χ0v) is 15.2. The molecule has 3 aliphatic rings. The molecule has 25 heavy (non-hydrogen) atoms. The predicted octanol–water partition coefficient (Wildman–Crippen LogP) is 3.82. The smallest absolute Gasteiger partial charge is 0.303 e. The average Bonchev–Trinajstić information content (AvgIpc) is 2.55. The summed E-state index contributed by atoms with van der Waals surface area (Å²) in [6.45, 7) is 2.16. The molecule has 3 heterocycles. The van der Waals surface area contributed by atoms with E-state index < -0.39 is 12.1 Å². The van der Waals surface area contributed by atoms with E-state index >= 15 is 0 Å². The molecule has 0 aromatic rings. The Bertz CT molecular complexity index is 453. The van der Waals surface area contributed by atoms with E-state index in [1.807, 2.05) is 18.2 Å². The van der Waals surface area contributed by atoms with Crippen molar-refractivity contribution in [1.29, 1.82) is 0 Å². The molecule has 142 valence electrons. The topological polar surface area (TPSA) is 76.0 Å². The number of unbranched alkanes of at least 4 members (excludes halogenated alkanes) is 3. The van der Waals surface area contributed by atoms with E-state index in [0.29, 0.717) is 6.42 Å². The summed E-state index contributed by atoms with van der Waals surface area (Å²) < 4.78 is 11.6. The van der Waals surface area contributed by atoms with Crippen molar-refractivity contribution >= 4 is 5.97 Å². The molecule has 5 atom stereocenters. The number of aliphatic hydroxyl groups excluding tert-OH is 1. The molecule has 2 N–H and O–H groups in total. The zero-order valence-electron chi connectivity index (χ0n) is 15.2. The van der Waals surface area contributed by atoms with E-state index in [1.165, 1.54) is 0 Å². The highest BCUT2D eigenvalue weighted by Gasteiger charge is 2.46. The van der Waals surface area contributed by atoms with Crippen molar-refractivity contribution in [1.82, 2.24) is 0 Å². The molecule has 0 saturated carbocycles. The van der Waals surface area contributed by atoms with Gasteiger partial charge in [-0.25, -0.2) is 0 Å². The Balaban J connectivity index is 1.76. The Morgan fingerprint density at radius 2 is 2.04 bits per heavy atom. The van der Waals surface area contributed by atoms with Crippen molar-refractivity contribution in [3.05, 3.63) is 24.3 Å². The van der Waals surface area contributed by atoms with Crippen molar-refractivity contribution in [2.45, 2.75) is 89.3 Å². The first-order valence-electron chi connectivity index (χ1n) is 9.64. The fraction of sp³-hybridized carbons (Fsp3) is 0.750. The summed E-state index contributed by atoms with van der Waals surface area (Å²) >= 11 is 0. The molecule has 0 radical (unpaired) electrons. The number of fused-ring (bicyclic) bond motifs is 2. The Hall–Kier alpha value is -1.17. The van der Waals surface area contributed by atoms with Gasteiger partial charge in [0, 0.05) is 18.8 Å². The second-order valence-electron chi connectivity index (χ2n) is 7.05. The maximum absolute atomic E-state index is 10.5. The van der Waals surface area contributed by atoms with Crippen LogP contribution in [0.4, 0.5) is 0 Å². The predicted molar refractivity (Wildman–Crippen MR) is 96.2 cm³/mol. The van der Waals surface area contributed by atoms with Gasteiger partial charge in [-0.05, 0) is 25.7 Å². The molecule has 0 amide bonds. The van der Waals surface area contributed by atoms with E-state index in [-0.39, 0.29) is 30.8 Å². The lowest BCUT2D eigenvalue weighted by Crippen LogP contribution is -2.55. The summed E-state index contributed by atoms with van der Waals surface area (Å²) in [7, 11) is 0. The summed E-state index contributed by atoms with van der Waals surface area (Å²) in [6.07, 6.45) is 15.4. The van der Waals surface area contributed by atoms with Crippen molar-refractivity contribution in [3.63, 3.8) is 0 Å². The zero-order chi connectivity index (χ0) is 18.1. The van der Waals surface area contributed by atoms with Gasteiger partial charge in [-0.1, -0.05) is 50.5 Å². The van der Waals surface area contributed by atoms with E-state index in [0.717, 1.165) is 44.9 Å². The third kappa shape index (κ3) is 6.92.